The minimum absolute atomic E-state index is 0.0509. The minimum atomic E-state index is -2.80. The second-order valence-corrected chi connectivity index (χ2v) is 12.2. The zero-order chi connectivity index (χ0) is 29.6. The van der Waals surface area contributed by atoms with Crippen LogP contribution in [0.5, 0.6) is 11.9 Å². The Morgan fingerprint density at radius 1 is 1.19 bits per heavy atom. The van der Waals surface area contributed by atoms with Crippen molar-refractivity contribution >= 4 is 22.4 Å². The number of hydrogen-bond donors (Lipinski definition) is 2. The summed E-state index contributed by atoms with van der Waals surface area (Å²) < 4.78 is 72.5. The Labute approximate surface area is 240 Å². The molecule has 3 fully saturated rings. The normalized spacial score (nSPS) is 28.1. The summed E-state index contributed by atoms with van der Waals surface area (Å²) in [4.78, 5) is 17.2. The first-order chi connectivity index (χ1) is 20.0. The number of nitrogens with two attached hydrogens (primary N) is 1. The standard InChI is InChI=1S/C29H33F4N7O2/c1-4-16-9-15(3)42-26-20-24(22(31)23(36-26)17-7-14(2)8-18(34)21(17)30)37-27(38-25(20)40-10-19(40)35-16)41-13-28-5-6-39(28)12-29(32,33)11-28/h7-8,15-16,19,35H,4-6,9-13,34H2,1-3H3/t15-,16-,19+,28-,40?/m0/s1. The van der Waals surface area contributed by atoms with Gasteiger partial charge in [0.1, 0.15) is 23.2 Å². The molecule has 4 atom stereocenters. The van der Waals surface area contributed by atoms with Crippen LogP contribution < -0.4 is 25.4 Å². The number of rotatable bonds is 5. The number of pyridine rings is 1. The van der Waals surface area contributed by atoms with Crippen LogP contribution in [0.25, 0.3) is 22.2 Å². The zero-order valence-electron chi connectivity index (χ0n) is 23.7. The molecule has 2 aromatic heterocycles. The van der Waals surface area contributed by atoms with Crippen LogP contribution in [0.4, 0.5) is 29.1 Å². The van der Waals surface area contributed by atoms with Gasteiger partial charge < -0.3 is 20.1 Å². The predicted octanol–water partition coefficient (Wildman–Crippen LogP) is 4.41. The molecule has 6 heterocycles. The van der Waals surface area contributed by atoms with Crippen LogP contribution in [0, 0.1) is 18.6 Å². The largest absolute Gasteiger partial charge is 0.474 e. The van der Waals surface area contributed by atoms with Crippen LogP contribution in [-0.2, 0) is 0 Å². The zero-order valence-corrected chi connectivity index (χ0v) is 23.7. The number of nitrogens with one attached hydrogen (secondary N) is 1. The molecule has 7 rings (SSSR count). The van der Waals surface area contributed by atoms with E-state index in [9.17, 15) is 8.78 Å². The molecule has 0 amide bonds. The summed E-state index contributed by atoms with van der Waals surface area (Å²) in [7, 11) is 0. The van der Waals surface area contributed by atoms with Gasteiger partial charge in [0.05, 0.1) is 36.6 Å². The molecule has 224 valence electrons. The van der Waals surface area contributed by atoms with E-state index in [1.165, 1.54) is 12.1 Å². The summed E-state index contributed by atoms with van der Waals surface area (Å²) in [5.41, 5.74) is 5.01. The summed E-state index contributed by atoms with van der Waals surface area (Å²) in [6.45, 7) is 6.51. The number of fused-ring (bicyclic) bond motifs is 3. The van der Waals surface area contributed by atoms with Crippen LogP contribution in [0.2, 0.25) is 0 Å². The highest BCUT2D eigenvalue weighted by atomic mass is 19.3. The summed E-state index contributed by atoms with van der Waals surface area (Å²) >= 11 is 0. The monoisotopic (exact) mass is 587 g/mol. The third-order valence-corrected chi connectivity index (χ3v) is 8.94. The number of benzene rings is 1. The van der Waals surface area contributed by atoms with Gasteiger partial charge in [-0.05, 0) is 50.8 Å². The number of aromatic nitrogens is 3. The molecule has 0 aliphatic carbocycles. The van der Waals surface area contributed by atoms with Crippen LogP contribution in [0.1, 0.15) is 45.1 Å². The second-order valence-electron chi connectivity index (χ2n) is 12.2. The van der Waals surface area contributed by atoms with E-state index in [1.807, 2.05) is 11.8 Å². The second kappa shape index (κ2) is 9.53. The van der Waals surface area contributed by atoms with Gasteiger partial charge in [0.25, 0.3) is 5.92 Å². The summed E-state index contributed by atoms with van der Waals surface area (Å²) in [6.07, 6.45) is 1.41. The molecule has 9 nitrogen and oxygen atoms in total. The van der Waals surface area contributed by atoms with Gasteiger partial charge in [0.15, 0.2) is 17.5 Å². The van der Waals surface area contributed by atoms with Crippen LogP contribution >= 0.6 is 0 Å². The summed E-state index contributed by atoms with van der Waals surface area (Å²) in [5, 5.41) is 3.83. The van der Waals surface area contributed by atoms with Gasteiger partial charge in [-0.2, -0.15) is 9.97 Å². The number of aryl methyl sites for hydroxylation is 1. The molecule has 3 aromatic rings. The van der Waals surface area contributed by atoms with Crippen molar-refractivity contribution in [1.82, 2.24) is 25.2 Å². The lowest BCUT2D eigenvalue weighted by Gasteiger charge is -2.46. The van der Waals surface area contributed by atoms with Gasteiger partial charge in [-0.1, -0.05) is 6.92 Å². The van der Waals surface area contributed by atoms with Crippen molar-refractivity contribution in [3.63, 3.8) is 0 Å². The topological polar surface area (TPSA) is 101 Å². The van der Waals surface area contributed by atoms with Gasteiger partial charge in [0.2, 0.25) is 5.88 Å². The van der Waals surface area contributed by atoms with E-state index in [1.54, 1.807) is 11.8 Å². The fraction of sp³-hybridized carbons (Fsp3) is 0.552. The van der Waals surface area contributed by atoms with E-state index in [-0.39, 0.29) is 77.6 Å². The van der Waals surface area contributed by atoms with Gasteiger partial charge in [-0.3, -0.25) is 10.2 Å². The van der Waals surface area contributed by atoms with Crippen molar-refractivity contribution in [3.05, 3.63) is 29.3 Å². The third-order valence-electron chi connectivity index (χ3n) is 8.94. The van der Waals surface area contributed by atoms with Crippen LogP contribution in [0.15, 0.2) is 12.1 Å². The molecule has 0 saturated carbocycles. The highest BCUT2D eigenvalue weighted by Crippen LogP contribution is 2.48. The molecule has 42 heavy (non-hydrogen) atoms. The molecule has 0 radical (unpaired) electrons. The number of ether oxygens (including phenoxy) is 2. The molecular weight excluding hydrogens is 554 g/mol. The van der Waals surface area contributed by atoms with Crippen molar-refractivity contribution in [3.8, 4) is 23.1 Å². The van der Waals surface area contributed by atoms with E-state index < -0.39 is 23.1 Å². The molecule has 1 aromatic carbocycles. The first-order valence-corrected chi connectivity index (χ1v) is 14.4. The lowest BCUT2D eigenvalue weighted by atomic mass is 9.85. The van der Waals surface area contributed by atoms with Crippen LogP contribution in [0.3, 0.4) is 0 Å². The van der Waals surface area contributed by atoms with Gasteiger partial charge in [-0.25, -0.2) is 22.5 Å². The molecule has 0 unspecified atom stereocenters. The van der Waals surface area contributed by atoms with E-state index in [0.717, 1.165) is 6.42 Å². The summed E-state index contributed by atoms with van der Waals surface area (Å²) in [6, 6.07) is 2.93. The average molecular weight is 588 g/mol. The molecular formula is C29H33F4N7O2. The van der Waals surface area contributed by atoms with E-state index in [0.29, 0.717) is 37.3 Å². The van der Waals surface area contributed by atoms with Crippen molar-refractivity contribution in [2.24, 2.45) is 0 Å². The highest BCUT2D eigenvalue weighted by Gasteiger charge is 2.60. The molecule has 4 aliphatic heterocycles. The van der Waals surface area contributed by atoms with Crippen molar-refractivity contribution in [1.29, 1.82) is 0 Å². The molecule has 13 heteroatoms. The Morgan fingerprint density at radius 2 is 2.00 bits per heavy atom. The highest BCUT2D eigenvalue weighted by molar-refractivity contribution is 5.97. The molecule has 4 aliphatic rings. The minimum Gasteiger partial charge on any atom is -0.474 e. The molecule has 0 bridgehead atoms. The first-order valence-electron chi connectivity index (χ1n) is 14.4. The quantitative estimate of drug-likeness (QED) is 0.255. The van der Waals surface area contributed by atoms with Crippen molar-refractivity contribution in [2.75, 3.05) is 36.9 Å². The van der Waals surface area contributed by atoms with Gasteiger partial charge >= 0.3 is 6.01 Å². The smallest absolute Gasteiger partial charge is 0.319 e. The maximum atomic E-state index is 16.4. The summed E-state index contributed by atoms with van der Waals surface area (Å²) in [5.74, 6) is -4.05. The van der Waals surface area contributed by atoms with Gasteiger partial charge in [-0.15, -0.1) is 0 Å². The number of nitrogens with zero attached hydrogens (tertiary/aromatic N) is 5. The fourth-order valence-electron chi connectivity index (χ4n) is 6.65. The number of anilines is 2. The predicted molar refractivity (Wildman–Crippen MR) is 149 cm³/mol. The Hall–Kier alpha value is -3.45. The Kier molecular flexibility index (Phi) is 6.21. The van der Waals surface area contributed by atoms with Crippen molar-refractivity contribution in [2.45, 2.75) is 76.2 Å². The lowest BCUT2D eigenvalue weighted by molar-refractivity contribution is -0.0132. The molecule has 3 N–H and O–H groups in total. The molecule has 0 spiro atoms. The number of nitrogen functional groups attached to an aromatic ring is 1. The first kappa shape index (κ1) is 27.4. The number of alkyl halides is 2. The fourth-order valence-corrected chi connectivity index (χ4v) is 6.65. The van der Waals surface area contributed by atoms with E-state index in [2.05, 4.69) is 27.2 Å². The number of halogens is 4. The van der Waals surface area contributed by atoms with E-state index >= 15 is 8.78 Å². The maximum Gasteiger partial charge on any atom is 0.319 e. The average Bonchev–Trinajstić information content (AvgIpc) is 3.67. The maximum absolute atomic E-state index is 16.4. The van der Waals surface area contributed by atoms with E-state index in [4.69, 9.17) is 15.2 Å². The Balaban J connectivity index is 1.38. The third kappa shape index (κ3) is 4.48. The Morgan fingerprint density at radius 3 is 2.71 bits per heavy atom. The van der Waals surface area contributed by atoms with Gasteiger partial charge in [0, 0.05) is 24.6 Å². The molecule has 3 saturated heterocycles. The number of hydrogen-bond acceptors (Lipinski definition) is 9. The Bertz CT molecular complexity index is 1590. The van der Waals surface area contributed by atoms with Crippen LogP contribution in [-0.4, -0.2) is 75.9 Å². The SMILES string of the molecule is CC[C@H]1C[C@H](C)Oc2nc(-c3cc(C)cc(N)c3F)c(F)c3nc(OC[C@@]45CCN4CC(F)(F)C5)nc(c23)N2C[C@@H]2N1. The van der Waals surface area contributed by atoms with Crippen molar-refractivity contribution < 1.29 is 27.0 Å². The lowest BCUT2D eigenvalue weighted by Crippen LogP contribution is -2.59.